The number of benzene rings is 2. The Hall–Kier alpha value is -3.75. The molecule has 2 aromatic carbocycles. The van der Waals surface area contributed by atoms with Gasteiger partial charge in [0.1, 0.15) is 6.54 Å². The summed E-state index contributed by atoms with van der Waals surface area (Å²) in [6.07, 6.45) is 0. The van der Waals surface area contributed by atoms with Gasteiger partial charge in [-0.15, -0.1) is 0 Å². The Morgan fingerprint density at radius 1 is 1.08 bits per heavy atom. The van der Waals surface area contributed by atoms with E-state index in [1.807, 2.05) is 0 Å². The summed E-state index contributed by atoms with van der Waals surface area (Å²) >= 11 is 0. The molecule has 0 atom stereocenters. The number of hydrogen-bond donors (Lipinski definition) is 1. The Labute approximate surface area is 140 Å². The van der Waals surface area contributed by atoms with Crippen LogP contribution in [-0.2, 0) is 4.79 Å². The third-order valence-corrected chi connectivity index (χ3v) is 3.67. The van der Waals surface area contributed by atoms with Gasteiger partial charge in [0.05, 0.1) is 16.2 Å². The molecular weight excluding hydrogens is 330 g/mol. The van der Waals surface area contributed by atoms with Gasteiger partial charge in [0.15, 0.2) is 0 Å². The van der Waals surface area contributed by atoms with Crippen molar-refractivity contribution in [1.29, 1.82) is 0 Å². The highest BCUT2D eigenvalue weighted by Crippen LogP contribution is 2.28. The number of hydrogen-bond acceptors (Lipinski definition) is 5. The van der Waals surface area contributed by atoms with Gasteiger partial charge in [0, 0.05) is 17.8 Å². The summed E-state index contributed by atoms with van der Waals surface area (Å²) < 4.78 is 0. The van der Waals surface area contributed by atoms with E-state index < -0.39 is 22.8 Å². The lowest BCUT2D eigenvalue weighted by molar-refractivity contribution is -0.384. The molecule has 1 saturated heterocycles. The minimum atomic E-state index is -1.16. The molecule has 1 heterocycles. The van der Waals surface area contributed by atoms with E-state index in [9.17, 15) is 24.5 Å². The van der Waals surface area contributed by atoms with Gasteiger partial charge in [-0.05, 0) is 24.3 Å². The molecule has 0 spiro atoms. The molecule has 0 bridgehead atoms. The SMILES string of the molecule is O=C(O)c1cccc(N2CC(=O)N(c3cccc([N+](=O)[O-])c3)C2=O)c1. The van der Waals surface area contributed by atoms with Crippen molar-refractivity contribution in [2.75, 3.05) is 16.3 Å². The quantitative estimate of drug-likeness (QED) is 0.517. The van der Waals surface area contributed by atoms with Crippen LogP contribution in [-0.4, -0.2) is 34.5 Å². The van der Waals surface area contributed by atoms with Crippen molar-refractivity contribution in [1.82, 2.24) is 0 Å². The number of imide groups is 1. The van der Waals surface area contributed by atoms with Crippen LogP contribution in [0.15, 0.2) is 48.5 Å². The van der Waals surface area contributed by atoms with E-state index in [1.54, 1.807) is 0 Å². The first-order valence-electron chi connectivity index (χ1n) is 7.11. The van der Waals surface area contributed by atoms with Gasteiger partial charge in [0.2, 0.25) is 0 Å². The average Bonchev–Trinajstić information content (AvgIpc) is 2.89. The summed E-state index contributed by atoms with van der Waals surface area (Å²) in [6, 6.07) is 10.1. The summed E-state index contributed by atoms with van der Waals surface area (Å²) in [4.78, 5) is 48.1. The largest absolute Gasteiger partial charge is 0.478 e. The average molecular weight is 341 g/mol. The highest BCUT2D eigenvalue weighted by Gasteiger charge is 2.38. The van der Waals surface area contributed by atoms with Gasteiger partial charge in [-0.3, -0.25) is 19.8 Å². The first kappa shape index (κ1) is 16.1. The molecule has 0 unspecified atom stereocenters. The second-order valence-corrected chi connectivity index (χ2v) is 5.23. The van der Waals surface area contributed by atoms with Crippen molar-refractivity contribution >= 4 is 35.0 Å². The molecule has 1 aliphatic rings. The van der Waals surface area contributed by atoms with Crippen LogP contribution in [0.2, 0.25) is 0 Å². The molecule has 3 amide bonds. The fourth-order valence-electron chi connectivity index (χ4n) is 2.51. The molecule has 1 aliphatic heterocycles. The molecule has 1 fully saturated rings. The molecule has 2 aromatic rings. The number of aromatic carboxylic acids is 1. The Morgan fingerprint density at radius 3 is 2.44 bits per heavy atom. The van der Waals surface area contributed by atoms with Gasteiger partial charge < -0.3 is 5.11 Å². The van der Waals surface area contributed by atoms with Crippen LogP contribution in [0.1, 0.15) is 10.4 Å². The summed E-state index contributed by atoms with van der Waals surface area (Å²) in [6.45, 7) is -0.287. The molecule has 3 rings (SSSR count). The van der Waals surface area contributed by atoms with Crippen LogP contribution in [0, 0.1) is 10.1 Å². The zero-order valence-electron chi connectivity index (χ0n) is 12.7. The molecule has 126 valence electrons. The van der Waals surface area contributed by atoms with Gasteiger partial charge in [-0.1, -0.05) is 12.1 Å². The van der Waals surface area contributed by atoms with Crippen LogP contribution in [0.3, 0.4) is 0 Å². The van der Waals surface area contributed by atoms with E-state index >= 15 is 0 Å². The summed E-state index contributed by atoms with van der Waals surface area (Å²) in [5, 5.41) is 19.9. The highest BCUT2D eigenvalue weighted by molar-refractivity contribution is 6.27. The number of rotatable bonds is 4. The Kier molecular flexibility index (Phi) is 3.89. The molecular formula is C16H11N3O6. The molecule has 9 nitrogen and oxygen atoms in total. The maximum atomic E-state index is 12.6. The van der Waals surface area contributed by atoms with Crippen molar-refractivity contribution < 1.29 is 24.4 Å². The molecule has 0 saturated carbocycles. The van der Waals surface area contributed by atoms with E-state index in [4.69, 9.17) is 5.11 Å². The Morgan fingerprint density at radius 2 is 1.76 bits per heavy atom. The Bertz CT molecular complexity index is 910. The maximum absolute atomic E-state index is 12.6. The third-order valence-electron chi connectivity index (χ3n) is 3.67. The maximum Gasteiger partial charge on any atom is 0.336 e. The van der Waals surface area contributed by atoms with E-state index in [0.717, 1.165) is 15.9 Å². The fourth-order valence-corrected chi connectivity index (χ4v) is 2.51. The summed E-state index contributed by atoms with van der Waals surface area (Å²) in [5.74, 6) is -1.72. The van der Waals surface area contributed by atoms with E-state index in [-0.39, 0.29) is 29.2 Å². The first-order chi connectivity index (χ1) is 11.9. The van der Waals surface area contributed by atoms with Crippen LogP contribution < -0.4 is 9.80 Å². The lowest BCUT2D eigenvalue weighted by Gasteiger charge is -2.17. The topological polar surface area (TPSA) is 121 Å². The normalized spacial score (nSPS) is 14.1. The van der Waals surface area contributed by atoms with Crippen molar-refractivity contribution in [3.63, 3.8) is 0 Å². The second kappa shape index (κ2) is 6.04. The van der Waals surface area contributed by atoms with Crippen LogP contribution in [0.25, 0.3) is 0 Å². The number of carbonyl (C=O) groups is 3. The second-order valence-electron chi connectivity index (χ2n) is 5.23. The van der Waals surface area contributed by atoms with Crippen molar-refractivity contribution in [3.8, 4) is 0 Å². The number of carbonyl (C=O) groups excluding carboxylic acids is 2. The number of nitro benzene ring substituents is 1. The number of nitro groups is 1. The number of nitrogens with zero attached hydrogens (tertiary/aromatic N) is 3. The Balaban J connectivity index is 1.95. The third kappa shape index (κ3) is 2.90. The zero-order valence-corrected chi connectivity index (χ0v) is 12.7. The van der Waals surface area contributed by atoms with Gasteiger partial charge >= 0.3 is 12.0 Å². The van der Waals surface area contributed by atoms with Crippen LogP contribution >= 0.6 is 0 Å². The molecule has 0 aliphatic carbocycles. The predicted molar refractivity (Wildman–Crippen MR) is 86.7 cm³/mol. The number of non-ortho nitro benzene ring substituents is 1. The standard InChI is InChI=1S/C16H11N3O6/c20-14-9-17(11-4-1-3-10(7-11)15(21)22)16(23)18(14)12-5-2-6-13(8-12)19(24)25/h1-8H,9H2,(H,21,22). The first-order valence-corrected chi connectivity index (χ1v) is 7.11. The van der Waals surface area contributed by atoms with Crippen LogP contribution in [0.4, 0.5) is 21.9 Å². The van der Waals surface area contributed by atoms with Crippen molar-refractivity contribution in [2.24, 2.45) is 0 Å². The number of carboxylic acid groups (broad SMARTS) is 1. The van der Waals surface area contributed by atoms with E-state index in [2.05, 4.69) is 0 Å². The van der Waals surface area contributed by atoms with Crippen molar-refractivity contribution in [2.45, 2.75) is 0 Å². The zero-order chi connectivity index (χ0) is 18.1. The van der Waals surface area contributed by atoms with E-state index in [0.29, 0.717) is 0 Å². The van der Waals surface area contributed by atoms with E-state index in [1.165, 1.54) is 42.5 Å². The van der Waals surface area contributed by atoms with Crippen molar-refractivity contribution in [3.05, 3.63) is 64.2 Å². The predicted octanol–water partition coefficient (Wildman–Crippen LogP) is 2.27. The number of carboxylic acids is 1. The number of amides is 3. The lowest BCUT2D eigenvalue weighted by atomic mass is 10.2. The summed E-state index contributed by atoms with van der Waals surface area (Å²) in [7, 11) is 0. The summed E-state index contributed by atoms with van der Waals surface area (Å²) in [5.41, 5.74) is 0.0724. The molecule has 0 radical (unpaired) electrons. The molecule has 1 N–H and O–H groups in total. The van der Waals surface area contributed by atoms with Gasteiger partial charge in [0.25, 0.3) is 11.6 Å². The minimum absolute atomic E-state index is 0.0217. The highest BCUT2D eigenvalue weighted by atomic mass is 16.6. The van der Waals surface area contributed by atoms with Crippen LogP contribution in [0.5, 0.6) is 0 Å². The van der Waals surface area contributed by atoms with Gasteiger partial charge in [-0.25, -0.2) is 14.5 Å². The molecule has 25 heavy (non-hydrogen) atoms. The molecule has 0 aromatic heterocycles. The smallest absolute Gasteiger partial charge is 0.336 e. The lowest BCUT2D eigenvalue weighted by Crippen LogP contribution is -2.33. The molecule has 9 heteroatoms. The minimum Gasteiger partial charge on any atom is -0.478 e. The monoisotopic (exact) mass is 341 g/mol. The number of urea groups is 1. The fraction of sp³-hybridized carbons (Fsp3) is 0.0625. The number of anilines is 2. The van der Waals surface area contributed by atoms with Gasteiger partial charge in [-0.2, -0.15) is 0 Å².